The normalized spacial score (nSPS) is 10.9. The van der Waals surface area contributed by atoms with E-state index in [0.29, 0.717) is 17.4 Å². The lowest BCUT2D eigenvalue weighted by Crippen LogP contribution is -2.19. The van der Waals surface area contributed by atoms with E-state index in [9.17, 15) is 9.18 Å². The van der Waals surface area contributed by atoms with Crippen LogP contribution in [0.25, 0.3) is 0 Å². The number of nitrogens with zero attached hydrogens (tertiary/aromatic N) is 4. The molecule has 1 aromatic carbocycles. The highest BCUT2D eigenvalue weighted by atomic mass is 79.9. The van der Waals surface area contributed by atoms with Crippen molar-refractivity contribution in [3.05, 3.63) is 63.2 Å². The SMILES string of the molecule is Cc1nn(CC(=O)Nc2ccn(Cc3ccc(F)cc3Cl)n2)cc1Br. The molecular weight excluding hydrogens is 413 g/mol. The lowest BCUT2D eigenvalue weighted by atomic mass is 10.2. The van der Waals surface area contributed by atoms with Gasteiger partial charge < -0.3 is 5.32 Å². The summed E-state index contributed by atoms with van der Waals surface area (Å²) in [5.74, 6) is -0.200. The average Bonchev–Trinajstić information content (AvgIpc) is 3.09. The lowest BCUT2D eigenvalue weighted by molar-refractivity contribution is -0.116. The first-order valence-electron chi connectivity index (χ1n) is 7.37. The van der Waals surface area contributed by atoms with Gasteiger partial charge in [-0.1, -0.05) is 17.7 Å². The van der Waals surface area contributed by atoms with Crippen LogP contribution in [-0.2, 0) is 17.9 Å². The summed E-state index contributed by atoms with van der Waals surface area (Å²) in [7, 11) is 0. The van der Waals surface area contributed by atoms with Crippen molar-refractivity contribution in [2.75, 3.05) is 5.32 Å². The van der Waals surface area contributed by atoms with E-state index in [1.54, 1.807) is 33.9 Å². The smallest absolute Gasteiger partial charge is 0.247 e. The van der Waals surface area contributed by atoms with Crippen molar-refractivity contribution < 1.29 is 9.18 Å². The summed E-state index contributed by atoms with van der Waals surface area (Å²) in [4.78, 5) is 12.1. The van der Waals surface area contributed by atoms with Crippen LogP contribution in [0.4, 0.5) is 10.2 Å². The van der Waals surface area contributed by atoms with Crippen LogP contribution < -0.4 is 5.32 Å². The summed E-state index contributed by atoms with van der Waals surface area (Å²) in [6.07, 6.45) is 3.45. The number of carbonyl (C=O) groups excluding carboxylic acids is 1. The quantitative estimate of drug-likeness (QED) is 0.677. The molecule has 0 aliphatic carbocycles. The van der Waals surface area contributed by atoms with Crippen LogP contribution in [0.1, 0.15) is 11.3 Å². The topological polar surface area (TPSA) is 64.7 Å². The van der Waals surface area contributed by atoms with Crippen molar-refractivity contribution in [3.63, 3.8) is 0 Å². The van der Waals surface area contributed by atoms with Crippen LogP contribution in [0.15, 0.2) is 41.1 Å². The van der Waals surface area contributed by atoms with Gasteiger partial charge in [0, 0.05) is 23.5 Å². The van der Waals surface area contributed by atoms with Gasteiger partial charge in [-0.05, 0) is 40.5 Å². The Morgan fingerprint density at radius 3 is 2.80 bits per heavy atom. The summed E-state index contributed by atoms with van der Waals surface area (Å²) in [5, 5.41) is 11.5. The molecule has 0 aliphatic heterocycles. The predicted molar refractivity (Wildman–Crippen MR) is 96.0 cm³/mol. The minimum atomic E-state index is -0.386. The molecule has 9 heteroatoms. The van der Waals surface area contributed by atoms with E-state index in [2.05, 4.69) is 31.4 Å². The standard InChI is InChI=1S/C16H14BrClFN5O/c1-10-13(17)8-24(21-10)9-16(25)20-15-4-5-23(22-15)7-11-2-3-12(19)6-14(11)18/h2-6,8H,7,9H2,1H3,(H,20,22,25). The van der Waals surface area contributed by atoms with Crippen molar-refractivity contribution >= 4 is 39.3 Å². The van der Waals surface area contributed by atoms with Gasteiger partial charge in [-0.25, -0.2) is 4.39 Å². The second-order valence-corrected chi connectivity index (χ2v) is 6.70. The van der Waals surface area contributed by atoms with E-state index in [1.165, 1.54) is 12.1 Å². The van der Waals surface area contributed by atoms with E-state index < -0.39 is 0 Å². The monoisotopic (exact) mass is 425 g/mol. The van der Waals surface area contributed by atoms with Crippen LogP contribution in [0.2, 0.25) is 5.02 Å². The van der Waals surface area contributed by atoms with Gasteiger partial charge >= 0.3 is 0 Å². The second kappa shape index (κ2) is 7.37. The number of carbonyl (C=O) groups is 1. The minimum Gasteiger partial charge on any atom is -0.308 e. The molecule has 0 radical (unpaired) electrons. The molecule has 0 spiro atoms. The molecule has 0 aliphatic rings. The number of nitrogens with one attached hydrogen (secondary N) is 1. The minimum absolute atomic E-state index is 0.0864. The van der Waals surface area contributed by atoms with Crippen molar-refractivity contribution in [3.8, 4) is 0 Å². The maximum atomic E-state index is 13.1. The van der Waals surface area contributed by atoms with E-state index in [-0.39, 0.29) is 18.3 Å². The zero-order valence-electron chi connectivity index (χ0n) is 13.2. The third-order valence-corrected chi connectivity index (χ3v) is 4.58. The van der Waals surface area contributed by atoms with E-state index in [0.717, 1.165) is 15.7 Å². The summed E-state index contributed by atoms with van der Waals surface area (Å²) in [6, 6.07) is 5.89. The Balaban J connectivity index is 1.62. The van der Waals surface area contributed by atoms with E-state index >= 15 is 0 Å². The van der Waals surface area contributed by atoms with Crippen molar-refractivity contribution in [1.29, 1.82) is 0 Å². The maximum absolute atomic E-state index is 13.1. The van der Waals surface area contributed by atoms with Gasteiger partial charge in [0.2, 0.25) is 5.91 Å². The number of amides is 1. The first kappa shape index (κ1) is 17.6. The Morgan fingerprint density at radius 2 is 2.12 bits per heavy atom. The summed E-state index contributed by atoms with van der Waals surface area (Å²) >= 11 is 9.36. The molecule has 0 bridgehead atoms. The van der Waals surface area contributed by atoms with Gasteiger partial charge in [0.05, 0.1) is 16.7 Å². The van der Waals surface area contributed by atoms with Crippen molar-refractivity contribution in [2.45, 2.75) is 20.0 Å². The molecule has 0 saturated carbocycles. The summed E-state index contributed by atoms with van der Waals surface area (Å²) in [6.45, 7) is 2.31. The molecule has 3 aromatic rings. The Bertz CT molecular complexity index is 904. The average molecular weight is 427 g/mol. The molecule has 2 heterocycles. The third-order valence-electron chi connectivity index (χ3n) is 3.45. The zero-order chi connectivity index (χ0) is 18.0. The fourth-order valence-corrected chi connectivity index (χ4v) is 2.79. The highest BCUT2D eigenvalue weighted by molar-refractivity contribution is 9.10. The molecule has 0 unspecified atom stereocenters. The molecule has 3 rings (SSSR count). The van der Waals surface area contributed by atoms with E-state index in [1.807, 2.05) is 6.92 Å². The van der Waals surface area contributed by atoms with Gasteiger partial charge in [-0.3, -0.25) is 14.2 Å². The fourth-order valence-electron chi connectivity index (χ4n) is 2.24. The van der Waals surface area contributed by atoms with Gasteiger partial charge in [-0.15, -0.1) is 0 Å². The highest BCUT2D eigenvalue weighted by Gasteiger charge is 2.09. The molecule has 130 valence electrons. The zero-order valence-corrected chi connectivity index (χ0v) is 15.6. The van der Waals surface area contributed by atoms with Crippen molar-refractivity contribution in [2.24, 2.45) is 0 Å². The Labute approximate surface area is 156 Å². The van der Waals surface area contributed by atoms with Crippen molar-refractivity contribution in [1.82, 2.24) is 19.6 Å². The van der Waals surface area contributed by atoms with Gasteiger partial charge in [0.1, 0.15) is 12.4 Å². The lowest BCUT2D eigenvalue weighted by Gasteiger charge is -2.05. The molecule has 25 heavy (non-hydrogen) atoms. The first-order chi connectivity index (χ1) is 11.9. The number of hydrogen-bond acceptors (Lipinski definition) is 3. The highest BCUT2D eigenvalue weighted by Crippen LogP contribution is 2.18. The maximum Gasteiger partial charge on any atom is 0.247 e. The molecule has 0 atom stereocenters. The molecule has 2 aromatic heterocycles. The summed E-state index contributed by atoms with van der Waals surface area (Å²) in [5.41, 5.74) is 1.55. The van der Waals surface area contributed by atoms with Gasteiger partial charge in [0.25, 0.3) is 0 Å². The predicted octanol–water partition coefficient (Wildman–Crippen LogP) is 3.63. The number of aryl methyl sites for hydroxylation is 1. The number of rotatable bonds is 5. The number of halogens is 3. The van der Waals surface area contributed by atoms with Gasteiger partial charge in [0.15, 0.2) is 5.82 Å². The Morgan fingerprint density at radius 1 is 1.32 bits per heavy atom. The second-order valence-electron chi connectivity index (χ2n) is 5.44. The molecular formula is C16H14BrClFN5O. The van der Waals surface area contributed by atoms with Crippen LogP contribution in [0.5, 0.6) is 0 Å². The van der Waals surface area contributed by atoms with Crippen LogP contribution >= 0.6 is 27.5 Å². The molecule has 1 N–H and O–H groups in total. The molecule has 0 saturated heterocycles. The van der Waals surface area contributed by atoms with Crippen LogP contribution in [-0.4, -0.2) is 25.5 Å². The first-order valence-corrected chi connectivity index (χ1v) is 8.54. The van der Waals surface area contributed by atoms with Crippen LogP contribution in [0.3, 0.4) is 0 Å². The molecule has 6 nitrogen and oxygen atoms in total. The Hall–Kier alpha value is -2.19. The number of benzene rings is 1. The summed E-state index contributed by atoms with van der Waals surface area (Å²) < 4.78 is 17.1. The third kappa shape index (κ3) is 4.46. The number of aromatic nitrogens is 4. The largest absolute Gasteiger partial charge is 0.308 e. The van der Waals surface area contributed by atoms with Crippen LogP contribution in [0, 0.1) is 12.7 Å². The van der Waals surface area contributed by atoms with Gasteiger partial charge in [-0.2, -0.15) is 10.2 Å². The fraction of sp³-hybridized carbons (Fsp3) is 0.188. The van der Waals surface area contributed by atoms with E-state index in [4.69, 9.17) is 11.6 Å². The number of hydrogen-bond donors (Lipinski definition) is 1. The number of anilines is 1. The molecule has 0 fully saturated rings. The molecule has 1 amide bonds. The Kier molecular flexibility index (Phi) is 5.19.